The van der Waals surface area contributed by atoms with Crippen molar-refractivity contribution in [2.75, 3.05) is 0 Å². The van der Waals surface area contributed by atoms with E-state index in [0.29, 0.717) is 0 Å². The summed E-state index contributed by atoms with van der Waals surface area (Å²) < 4.78 is 1.27. The molecule has 3 rings (SSSR count). The molecule has 0 fully saturated rings. The van der Waals surface area contributed by atoms with E-state index in [1.165, 1.54) is 15.0 Å². The topological polar surface area (TPSA) is 12.9 Å². The molecule has 3 aromatic rings. The molecule has 1 nitrogen and oxygen atoms in total. The summed E-state index contributed by atoms with van der Waals surface area (Å²) in [6.45, 7) is 2.12. The fourth-order valence-corrected chi connectivity index (χ4v) is 2.93. The Kier molecular flexibility index (Phi) is 1.94. The highest BCUT2D eigenvalue weighted by molar-refractivity contribution is 7.19. The molecule has 0 aliphatic heterocycles. The minimum atomic E-state index is 0.771. The molecule has 2 heterocycles. The van der Waals surface area contributed by atoms with E-state index in [2.05, 4.69) is 30.1 Å². The van der Waals surface area contributed by atoms with Gasteiger partial charge in [-0.15, -0.1) is 11.3 Å². The summed E-state index contributed by atoms with van der Waals surface area (Å²) in [7, 11) is 0. The van der Waals surface area contributed by atoms with Crippen molar-refractivity contribution in [2.24, 2.45) is 0 Å². The number of hydrogen-bond acceptors (Lipinski definition) is 2. The third-order valence-electron chi connectivity index (χ3n) is 2.45. The molecule has 0 radical (unpaired) electrons. The van der Waals surface area contributed by atoms with Gasteiger partial charge in [-0.2, -0.15) is 0 Å². The minimum absolute atomic E-state index is 0.771. The van der Waals surface area contributed by atoms with E-state index in [9.17, 15) is 0 Å². The zero-order chi connectivity index (χ0) is 10.4. The number of benzene rings is 1. The quantitative estimate of drug-likeness (QED) is 0.561. The molecule has 0 saturated heterocycles. The van der Waals surface area contributed by atoms with E-state index in [0.717, 1.165) is 15.9 Å². The first-order chi connectivity index (χ1) is 7.24. The van der Waals surface area contributed by atoms with Crippen molar-refractivity contribution in [1.82, 2.24) is 4.98 Å². The standard InChI is InChI=1S/C12H8ClNS/c1-7-4-8-5-11-9(6-12(8)15-7)10(13)2-3-14-11/h2-6H,1H3. The number of nitrogens with zero attached hydrogens (tertiary/aromatic N) is 1. The van der Waals surface area contributed by atoms with Gasteiger partial charge < -0.3 is 0 Å². The van der Waals surface area contributed by atoms with Crippen LogP contribution in [0.25, 0.3) is 21.0 Å². The monoisotopic (exact) mass is 233 g/mol. The molecule has 0 amide bonds. The normalized spacial score (nSPS) is 11.3. The fraction of sp³-hybridized carbons (Fsp3) is 0.0833. The zero-order valence-electron chi connectivity index (χ0n) is 8.12. The highest BCUT2D eigenvalue weighted by Gasteiger charge is 2.04. The number of thiophene rings is 1. The van der Waals surface area contributed by atoms with Crippen molar-refractivity contribution >= 4 is 43.9 Å². The van der Waals surface area contributed by atoms with Gasteiger partial charge in [-0.05, 0) is 36.6 Å². The van der Waals surface area contributed by atoms with Crippen molar-refractivity contribution in [2.45, 2.75) is 6.92 Å². The Morgan fingerprint density at radius 3 is 3.00 bits per heavy atom. The van der Waals surface area contributed by atoms with E-state index in [1.54, 1.807) is 17.5 Å². The molecule has 3 heteroatoms. The summed E-state index contributed by atoms with van der Waals surface area (Å²) in [5.41, 5.74) is 0.966. The van der Waals surface area contributed by atoms with Crippen LogP contribution in [0, 0.1) is 6.92 Å². The van der Waals surface area contributed by atoms with Gasteiger partial charge in [0.05, 0.1) is 10.5 Å². The van der Waals surface area contributed by atoms with E-state index in [1.807, 2.05) is 6.07 Å². The number of hydrogen-bond donors (Lipinski definition) is 0. The maximum absolute atomic E-state index is 6.13. The molecule has 0 atom stereocenters. The third-order valence-corrected chi connectivity index (χ3v) is 3.79. The van der Waals surface area contributed by atoms with Gasteiger partial charge in [0.1, 0.15) is 0 Å². The molecule has 0 spiro atoms. The molecule has 2 aromatic heterocycles. The second-order valence-electron chi connectivity index (χ2n) is 3.56. The SMILES string of the molecule is Cc1cc2cc3nccc(Cl)c3cc2s1. The average molecular weight is 234 g/mol. The van der Waals surface area contributed by atoms with Gasteiger partial charge in [-0.25, -0.2) is 0 Å². The van der Waals surface area contributed by atoms with Crippen LogP contribution in [0.5, 0.6) is 0 Å². The molecule has 1 aromatic carbocycles. The zero-order valence-corrected chi connectivity index (χ0v) is 9.69. The van der Waals surface area contributed by atoms with Crippen molar-refractivity contribution in [3.63, 3.8) is 0 Å². The van der Waals surface area contributed by atoms with Gasteiger partial charge in [0, 0.05) is 21.2 Å². The molecular formula is C12H8ClNS. The second kappa shape index (κ2) is 3.19. The first-order valence-electron chi connectivity index (χ1n) is 4.68. The van der Waals surface area contributed by atoms with Crippen LogP contribution in [0.15, 0.2) is 30.5 Å². The number of pyridine rings is 1. The summed E-state index contributed by atoms with van der Waals surface area (Å²) in [5, 5.41) is 3.06. The highest BCUT2D eigenvalue weighted by Crippen LogP contribution is 2.31. The molecule has 0 aliphatic rings. The Hall–Kier alpha value is -1.12. The van der Waals surface area contributed by atoms with Crippen LogP contribution in [-0.2, 0) is 0 Å². The van der Waals surface area contributed by atoms with Crippen molar-refractivity contribution in [3.05, 3.63) is 40.4 Å². The minimum Gasteiger partial charge on any atom is -0.256 e. The maximum Gasteiger partial charge on any atom is 0.0723 e. The third kappa shape index (κ3) is 1.41. The Balaban J connectivity index is 2.52. The first-order valence-corrected chi connectivity index (χ1v) is 5.88. The first kappa shape index (κ1) is 9.13. The van der Waals surface area contributed by atoms with Gasteiger partial charge in [-0.1, -0.05) is 11.6 Å². The Morgan fingerprint density at radius 2 is 2.13 bits per heavy atom. The Labute approximate surface area is 96.3 Å². The lowest BCUT2D eigenvalue weighted by atomic mass is 10.1. The summed E-state index contributed by atoms with van der Waals surface area (Å²) in [5.74, 6) is 0. The van der Waals surface area contributed by atoms with E-state index in [4.69, 9.17) is 11.6 Å². The number of aryl methyl sites for hydroxylation is 1. The van der Waals surface area contributed by atoms with Crippen LogP contribution in [0.1, 0.15) is 4.88 Å². The maximum atomic E-state index is 6.13. The molecule has 0 bridgehead atoms. The molecule has 15 heavy (non-hydrogen) atoms. The van der Waals surface area contributed by atoms with E-state index >= 15 is 0 Å². The average Bonchev–Trinajstić information content (AvgIpc) is 2.55. The molecule has 0 N–H and O–H groups in total. The summed E-state index contributed by atoms with van der Waals surface area (Å²) >= 11 is 7.92. The van der Waals surface area contributed by atoms with Gasteiger partial charge in [-0.3, -0.25) is 4.98 Å². The van der Waals surface area contributed by atoms with Gasteiger partial charge >= 0.3 is 0 Å². The highest BCUT2D eigenvalue weighted by atomic mass is 35.5. The number of aromatic nitrogens is 1. The largest absolute Gasteiger partial charge is 0.256 e. The van der Waals surface area contributed by atoms with Crippen molar-refractivity contribution in [1.29, 1.82) is 0 Å². The number of rotatable bonds is 0. The van der Waals surface area contributed by atoms with Gasteiger partial charge in [0.25, 0.3) is 0 Å². The van der Waals surface area contributed by atoms with Gasteiger partial charge in [0.2, 0.25) is 0 Å². The summed E-state index contributed by atoms with van der Waals surface area (Å²) in [6.07, 6.45) is 1.75. The fourth-order valence-electron chi connectivity index (χ4n) is 1.78. The second-order valence-corrected chi connectivity index (χ2v) is 5.25. The van der Waals surface area contributed by atoms with Crippen LogP contribution in [0.4, 0.5) is 0 Å². The molecule has 74 valence electrons. The summed E-state index contributed by atoms with van der Waals surface area (Å²) in [6, 6.07) is 8.23. The molecule has 0 saturated carbocycles. The summed E-state index contributed by atoms with van der Waals surface area (Å²) in [4.78, 5) is 5.64. The van der Waals surface area contributed by atoms with E-state index < -0.39 is 0 Å². The van der Waals surface area contributed by atoms with Crippen LogP contribution < -0.4 is 0 Å². The van der Waals surface area contributed by atoms with Gasteiger partial charge in [0.15, 0.2) is 0 Å². The Morgan fingerprint density at radius 1 is 1.27 bits per heavy atom. The Bertz CT molecular complexity index is 657. The molecular weight excluding hydrogens is 226 g/mol. The predicted molar refractivity (Wildman–Crippen MR) is 66.9 cm³/mol. The van der Waals surface area contributed by atoms with Crippen LogP contribution in [0.3, 0.4) is 0 Å². The smallest absolute Gasteiger partial charge is 0.0723 e. The molecule has 0 aliphatic carbocycles. The van der Waals surface area contributed by atoms with Crippen molar-refractivity contribution in [3.8, 4) is 0 Å². The van der Waals surface area contributed by atoms with Crippen LogP contribution in [-0.4, -0.2) is 4.98 Å². The number of halogens is 1. The molecule has 0 unspecified atom stereocenters. The van der Waals surface area contributed by atoms with Crippen LogP contribution >= 0.6 is 22.9 Å². The van der Waals surface area contributed by atoms with E-state index in [-0.39, 0.29) is 0 Å². The van der Waals surface area contributed by atoms with Crippen molar-refractivity contribution < 1.29 is 0 Å². The lowest BCUT2D eigenvalue weighted by Gasteiger charge is -1.99. The predicted octanol–water partition coefficient (Wildman–Crippen LogP) is 4.41. The number of fused-ring (bicyclic) bond motifs is 2. The van der Waals surface area contributed by atoms with Crippen LogP contribution in [0.2, 0.25) is 5.02 Å². The lowest BCUT2D eigenvalue weighted by Crippen LogP contribution is -1.78. The lowest BCUT2D eigenvalue weighted by molar-refractivity contribution is 1.42.